The summed E-state index contributed by atoms with van der Waals surface area (Å²) in [5.74, 6) is 0.514. The lowest BCUT2D eigenvalue weighted by Gasteiger charge is -2.15. The number of aromatic nitrogens is 4. The number of benzene rings is 2. The van der Waals surface area contributed by atoms with Gasteiger partial charge in [-0.05, 0) is 42.4 Å². The first-order chi connectivity index (χ1) is 21.7. The number of carboxylic acids is 1. The Hall–Kier alpha value is -3.48. The highest BCUT2D eigenvalue weighted by Gasteiger charge is 2.24. The fourth-order valence-corrected chi connectivity index (χ4v) is 6.41. The molecule has 46 heavy (non-hydrogen) atoms. The van der Waals surface area contributed by atoms with Crippen molar-refractivity contribution in [2.75, 3.05) is 12.4 Å². The third kappa shape index (κ3) is 8.45. The van der Waals surface area contributed by atoms with Crippen molar-refractivity contribution in [2.45, 2.75) is 57.0 Å². The molecule has 0 atom stereocenters. The van der Waals surface area contributed by atoms with E-state index in [-0.39, 0.29) is 38.0 Å². The summed E-state index contributed by atoms with van der Waals surface area (Å²) in [6.45, 7) is 6.98. The number of hydrogen-bond acceptors (Lipinski definition) is 9. The van der Waals surface area contributed by atoms with Crippen LogP contribution in [0.4, 0.5) is 10.1 Å². The molecule has 2 aromatic heterocycles. The smallest absolute Gasteiger partial charge is 0.442 e. The summed E-state index contributed by atoms with van der Waals surface area (Å²) in [7, 11) is 0. The van der Waals surface area contributed by atoms with E-state index in [4.69, 9.17) is 55.5 Å². The number of halogens is 4. The Labute approximate surface area is 285 Å². The van der Waals surface area contributed by atoms with Gasteiger partial charge in [0.05, 0.1) is 26.5 Å². The number of terminal acetylenes is 1. The lowest BCUT2D eigenvalue weighted by molar-refractivity contribution is -0.133. The Balaban J connectivity index is 0.000000210. The molecule has 0 saturated carbocycles. The van der Waals surface area contributed by atoms with E-state index < -0.39 is 23.0 Å². The van der Waals surface area contributed by atoms with Gasteiger partial charge in [0.1, 0.15) is 23.9 Å². The first-order valence-electron chi connectivity index (χ1n) is 13.5. The van der Waals surface area contributed by atoms with Crippen LogP contribution in [0.15, 0.2) is 48.2 Å². The molecule has 2 aromatic carbocycles. The highest BCUT2D eigenvalue weighted by Crippen LogP contribution is 2.34. The third-order valence-electron chi connectivity index (χ3n) is 6.19. The SMILES string of the molecule is C#CCOc1cc(-n2nc(C(C)(C)C)oc2=O)c(Cl)cc1Cl.O=C(O)CSc1cc(N=c2sc(=O)n3n2CCCC3)c(F)cc1Cl. The molecule has 0 bridgehead atoms. The fourth-order valence-electron chi connectivity index (χ4n) is 4.02. The van der Waals surface area contributed by atoms with E-state index in [0.29, 0.717) is 40.1 Å². The van der Waals surface area contributed by atoms with Crippen molar-refractivity contribution >= 4 is 69.6 Å². The largest absolute Gasteiger partial charge is 0.481 e. The standard InChI is InChI=1S/C15H14Cl2N2O3.C14H13ClFN3O3S2/c1-5-6-21-12-8-11(9(16)7-10(12)17)19-14(20)22-13(18-19)15(2,3)4;15-8-5-9(16)10(6-11(8)23-7-12(20)21)17-13-18-3-1-2-4-19(18)14(22)24-13/h1,7-8H,6H2,2-4H3;5-6H,1-4,7H2,(H,20,21). The maximum atomic E-state index is 14.2. The normalized spacial score (nSPS) is 13.0. The van der Waals surface area contributed by atoms with Gasteiger partial charge in [-0.2, -0.15) is 4.68 Å². The quantitative estimate of drug-likeness (QED) is 0.177. The lowest BCUT2D eigenvalue weighted by atomic mass is 9.97. The van der Waals surface area contributed by atoms with Crippen molar-refractivity contribution in [2.24, 2.45) is 4.99 Å². The number of carbonyl (C=O) groups is 1. The number of fused-ring (bicyclic) bond motifs is 1. The van der Waals surface area contributed by atoms with Crippen LogP contribution in [0.2, 0.25) is 15.1 Å². The number of rotatable bonds is 7. The van der Waals surface area contributed by atoms with Gasteiger partial charge in [0.2, 0.25) is 10.7 Å². The summed E-state index contributed by atoms with van der Waals surface area (Å²) in [5.41, 5.74) is -0.0658. The highest BCUT2D eigenvalue weighted by atomic mass is 35.5. The summed E-state index contributed by atoms with van der Waals surface area (Å²) in [5, 5.41) is 13.6. The molecule has 17 heteroatoms. The van der Waals surface area contributed by atoms with Gasteiger partial charge in [-0.25, -0.2) is 18.9 Å². The maximum absolute atomic E-state index is 14.2. The average molecular weight is 731 g/mol. The van der Waals surface area contributed by atoms with Crippen molar-refractivity contribution < 1.29 is 23.4 Å². The van der Waals surface area contributed by atoms with E-state index in [1.54, 1.807) is 9.36 Å². The van der Waals surface area contributed by atoms with E-state index >= 15 is 0 Å². The molecular formula is C29H27Cl3FN5O6S2. The molecule has 1 N–H and O–H groups in total. The molecule has 0 spiro atoms. The molecular weight excluding hydrogens is 704 g/mol. The zero-order valence-corrected chi connectivity index (χ0v) is 28.6. The maximum Gasteiger partial charge on any atom is 0.442 e. The van der Waals surface area contributed by atoms with Crippen LogP contribution in [0.1, 0.15) is 39.5 Å². The molecule has 1 aliphatic heterocycles. The van der Waals surface area contributed by atoms with E-state index in [1.807, 2.05) is 20.8 Å². The molecule has 0 radical (unpaired) electrons. The molecule has 0 aliphatic carbocycles. The summed E-state index contributed by atoms with van der Waals surface area (Å²) >= 11 is 20.1. The van der Waals surface area contributed by atoms with Crippen LogP contribution in [0.25, 0.3) is 5.69 Å². The van der Waals surface area contributed by atoms with Crippen molar-refractivity contribution in [1.29, 1.82) is 0 Å². The van der Waals surface area contributed by atoms with Crippen LogP contribution in [0, 0.1) is 18.2 Å². The molecule has 0 amide bonds. The van der Waals surface area contributed by atoms with Gasteiger partial charge in [-0.3, -0.25) is 14.3 Å². The van der Waals surface area contributed by atoms with Crippen molar-refractivity contribution in [3.63, 3.8) is 0 Å². The van der Waals surface area contributed by atoms with Gasteiger partial charge in [0.25, 0.3) is 0 Å². The number of nitrogens with zero attached hydrogens (tertiary/aromatic N) is 5. The van der Waals surface area contributed by atoms with Crippen LogP contribution in [0.5, 0.6) is 5.75 Å². The van der Waals surface area contributed by atoms with Gasteiger partial charge in [-0.1, -0.05) is 61.5 Å². The molecule has 1 aliphatic rings. The van der Waals surface area contributed by atoms with Crippen LogP contribution in [-0.2, 0) is 23.3 Å². The first-order valence-corrected chi connectivity index (χ1v) is 16.5. The molecule has 5 rings (SSSR count). The molecule has 0 saturated heterocycles. The van der Waals surface area contributed by atoms with E-state index in [0.717, 1.165) is 46.7 Å². The van der Waals surface area contributed by atoms with Crippen LogP contribution in [0.3, 0.4) is 0 Å². The predicted octanol–water partition coefficient (Wildman–Crippen LogP) is 6.15. The number of aliphatic carboxylic acids is 1. The summed E-state index contributed by atoms with van der Waals surface area (Å²) in [6, 6.07) is 5.48. The number of ether oxygens (including phenoxy) is 1. The van der Waals surface area contributed by atoms with Crippen molar-refractivity contribution in [3.05, 3.63) is 76.1 Å². The molecule has 11 nitrogen and oxygen atoms in total. The monoisotopic (exact) mass is 729 g/mol. The zero-order valence-electron chi connectivity index (χ0n) is 24.7. The van der Waals surface area contributed by atoms with Gasteiger partial charge < -0.3 is 14.3 Å². The minimum absolute atomic E-state index is 0.0370. The summed E-state index contributed by atoms with van der Waals surface area (Å²) in [6.07, 6.45) is 7.02. The second-order valence-corrected chi connectivity index (χ2v) is 13.9. The van der Waals surface area contributed by atoms with E-state index in [2.05, 4.69) is 16.0 Å². The Morgan fingerprint density at radius 2 is 1.85 bits per heavy atom. The summed E-state index contributed by atoms with van der Waals surface area (Å²) < 4.78 is 29.1. The highest BCUT2D eigenvalue weighted by molar-refractivity contribution is 8.00. The molecule has 4 aromatic rings. The number of hydrogen-bond donors (Lipinski definition) is 1. The third-order valence-corrected chi connectivity index (χ3v) is 9.12. The molecule has 244 valence electrons. The minimum atomic E-state index is -0.992. The van der Waals surface area contributed by atoms with E-state index in [9.17, 15) is 18.8 Å². The van der Waals surface area contributed by atoms with Crippen LogP contribution in [-0.4, -0.2) is 42.6 Å². The van der Waals surface area contributed by atoms with Gasteiger partial charge in [0, 0.05) is 29.5 Å². The van der Waals surface area contributed by atoms with Gasteiger partial charge in [-0.15, -0.1) is 23.3 Å². The Morgan fingerprint density at radius 1 is 1.15 bits per heavy atom. The van der Waals surface area contributed by atoms with E-state index in [1.165, 1.54) is 18.2 Å². The van der Waals surface area contributed by atoms with Crippen molar-refractivity contribution in [1.82, 2.24) is 19.1 Å². The number of carboxylic acid groups (broad SMARTS) is 1. The lowest BCUT2D eigenvalue weighted by Crippen LogP contribution is -2.31. The minimum Gasteiger partial charge on any atom is -0.481 e. The second kappa shape index (κ2) is 15.0. The average Bonchev–Trinajstić information content (AvgIpc) is 3.53. The predicted molar refractivity (Wildman–Crippen MR) is 176 cm³/mol. The van der Waals surface area contributed by atoms with Crippen molar-refractivity contribution in [3.8, 4) is 23.8 Å². The Kier molecular flexibility index (Phi) is 11.5. The molecule has 3 heterocycles. The Bertz CT molecular complexity index is 2000. The second-order valence-electron chi connectivity index (χ2n) is 10.7. The van der Waals surface area contributed by atoms with Crippen LogP contribution >= 0.6 is 57.9 Å². The number of thioether (sulfide) groups is 1. The Morgan fingerprint density at radius 3 is 2.48 bits per heavy atom. The topological polar surface area (TPSA) is 134 Å². The zero-order chi connectivity index (χ0) is 33.8. The molecule has 0 unspecified atom stereocenters. The van der Waals surface area contributed by atoms with Gasteiger partial charge >= 0.3 is 16.6 Å². The summed E-state index contributed by atoms with van der Waals surface area (Å²) in [4.78, 5) is 39.7. The molecule has 0 fully saturated rings. The van der Waals surface area contributed by atoms with Crippen LogP contribution < -0.4 is 20.2 Å². The first kappa shape index (κ1) is 35.4. The van der Waals surface area contributed by atoms with Gasteiger partial charge in [0.15, 0.2) is 0 Å². The fraction of sp³-hybridized carbons (Fsp3) is 0.345.